The molecule has 0 saturated carbocycles. The molecule has 5 nitrogen and oxygen atoms in total. The van der Waals surface area contributed by atoms with Gasteiger partial charge in [0.05, 0.1) is 11.2 Å². The Labute approximate surface area is 121 Å². The van der Waals surface area contributed by atoms with Crippen LogP contribution >= 0.6 is 0 Å². The number of benzene rings is 1. The molecule has 0 atom stereocenters. The van der Waals surface area contributed by atoms with Gasteiger partial charge in [-0.15, -0.1) is 0 Å². The molecule has 3 rings (SSSR count). The van der Waals surface area contributed by atoms with Gasteiger partial charge in [0, 0.05) is 17.1 Å². The number of hydrogen-bond donors (Lipinski definition) is 1. The Morgan fingerprint density at radius 1 is 1.14 bits per heavy atom. The van der Waals surface area contributed by atoms with Gasteiger partial charge < -0.3 is 5.84 Å². The SMILES string of the molecule is Nn1c(=O)nc(-c2ccnc(C(F)(F)F)c2)c2ccccc21. The number of nitrogen functional groups attached to an aromatic ring is 1. The second kappa shape index (κ2) is 4.83. The van der Waals surface area contributed by atoms with E-state index in [1.54, 1.807) is 24.3 Å². The summed E-state index contributed by atoms with van der Waals surface area (Å²) in [6.45, 7) is 0. The van der Waals surface area contributed by atoms with Gasteiger partial charge in [0.25, 0.3) is 0 Å². The van der Waals surface area contributed by atoms with E-state index in [-0.39, 0.29) is 11.3 Å². The van der Waals surface area contributed by atoms with Crippen LogP contribution in [0.1, 0.15) is 5.69 Å². The van der Waals surface area contributed by atoms with E-state index in [1.807, 2.05) is 0 Å². The molecule has 2 aromatic heterocycles. The Kier molecular flexibility index (Phi) is 3.09. The first-order valence-electron chi connectivity index (χ1n) is 6.18. The van der Waals surface area contributed by atoms with E-state index < -0.39 is 17.6 Å². The number of para-hydroxylation sites is 1. The van der Waals surface area contributed by atoms with E-state index in [0.29, 0.717) is 10.9 Å². The van der Waals surface area contributed by atoms with E-state index in [4.69, 9.17) is 5.84 Å². The average Bonchev–Trinajstić information content (AvgIpc) is 2.50. The molecule has 0 aliphatic carbocycles. The number of halogens is 3. The molecule has 112 valence electrons. The van der Waals surface area contributed by atoms with Gasteiger partial charge >= 0.3 is 11.9 Å². The lowest BCUT2D eigenvalue weighted by Crippen LogP contribution is -2.30. The minimum Gasteiger partial charge on any atom is -0.335 e. The maximum atomic E-state index is 12.8. The van der Waals surface area contributed by atoms with Gasteiger partial charge in [0.15, 0.2) is 0 Å². The van der Waals surface area contributed by atoms with Crippen LogP contribution in [-0.2, 0) is 6.18 Å². The van der Waals surface area contributed by atoms with Gasteiger partial charge in [-0.1, -0.05) is 18.2 Å². The zero-order chi connectivity index (χ0) is 15.9. The van der Waals surface area contributed by atoms with Crippen LogP contribution < -0.4 is 11.5 Å². The van der Waals surface area contributed by atoms with Crippen LogP contribution in [0.25, 0.3) is 22.2 Å². The number of aromatic nitrogens is 3. The minimum atomic E-state index is -4.57. The summed E-state index contributed by atoms with van der Waals surface area (Å²) < 4.78 is 39.2. The first-order valence-corrected chi connectivity index (χ1v) is 6.18. The van der Waals surface area contributed by atoms with E-state index in [0.717, 1.165) is 16.9 Å². The van der Waals surface area contributed by atoms with E-state index in [2.05, 4.69) is 9.97 Å². The van der Waals surface area contributed by atoms with Crippen LogP contribution in [0, 0.1) is 0 Å². The fourth-order valence-corrected chi connectivity index (χ4v) is 2.15. The van der Waals surface area contributed by atoms with Gasteiger partial charge in [0.2, 0.25) is 0 Å². The van der Waals surface area contributed by atoms with Crippen LogP contribution in [0.5, 0.6) is 0 Å². The molecule has 22 heavy (non-hydrogen) atoms. The predicted molar refractivity (Wildman–Crippen MR) is 74.4 cm³/mol. The Morgan fingerprint density at radius 3 is 2.59 bits per heavy atom. The third-order valence-corrected chi connectivity index (χ3v) is 3.16. The van der Waals surface area contributed by atoms with Crippen LogP contribution in [0.15, 0.2) is 47.4 Å². The molecule has 0 aliphatic rings. The fourth-order valence-electron chi connectivity index (χ4n) is 2.15. The second-order valence-corrected chi connectivity index (χ2v) is 4.56. The Hall–Kier alpha value is -2.90. The monoisotopic (exact) mass is 306 g/mol. The molecule has 0 saturated heterocycles. The summed E-state index contributed by atoms with van der Waals surface area (Å²) in [5, 5.41) is 0.476. The standard InChI is InChI=1S/C14H9F3N4O/c15-14(16,17)11-7-8(5-6-19-11)12-9-3-1-2-4-10(9)21(18)13(22)20-12/h1-7H,18H2. The van der Waals surface area contributed by atoms with Crippen molar-refractivity contribution < 1.29 is 13.2 Å². The number of fused-ring (bicyclic) bond motifs is 1. The summed E-state index contributed by atoms with van der Waals surface area (Å²) >= 11 is 0. The quantitative estimate of drug-likeness (QED) is 0.699. The molecular weight excluding hydrogens is 297 g/mol. The van der Waals surface area contributed by atoms with Crippen molar-refractivity contribution in [3.63, 3.8) is 0 Å². The largest absolute Gasteiger partial charge is 0.433 e. The molecular formula is C14H9F3N4O. The van der Waals surface area contributed by atoms with Crippen molar-refractivity contribution in [3.8, 4) is 11.3 Å². The highest BCUT2D eigenvalue weighted by Crippen LogP contribution is 2.31. The summed E-state index contributed by atoms with van der Waals surface area (Å²) in [6, 6.07) is 8.80. The molecule has 0 bridgehead atoms. The summed E-state index contributed by atoms with van der Waals surface area (Å²) in [7, 11) is 0. The van der Waals surface area contributed by atoms with Crippen molar-refractivity contribution >= 4 is 10.9 Å². The number of nitrogens with two attached hydrogens (primary N) is 1. The smallest absolute Gasteiger partial charge is 0.335 e. The van der Waals surface area contributed by atoms with Gasteiger partial charge in [-0.25, -0.2) is 9.47 Å². The zero-order valence-electron chi connectivity index (χ0n) is 11.0. The highest BCUT2D eigenvalue weighted by atomic mass is 19.4. The number of pyridine rings is 1. The number of nitrogens with zero attached hydrogens (tertiary/aromatic N) is 3. The second-order valence-electron chi connectivity index (χ2n) is 4.56. The normalized spacial score (nSPS) is 11.8. The molecule has 2 N–H and O–H groups in total. The Morgan fingerprint density at radius 2 is 1.86 bits per heavy atom. The fraction of sp³-hybridized carbons (Fsp3) is 0.0714. The van der Waals surface area contributed by atoms with Crippen LogP contribution in [0.2, 0.25) is 0 Å². The minimum absolute atomic E-state index is 0.134. The topological polar surface area (TPSA) is 73.8 Å². The molecule has 0 fully saturated rings. The summed E-state index contributed by atoms with van der Waals surface area (Å²) in [5.41, 5.74) is -1.14. The Balaban J connectivity index is 2.32. The molecule has 0 radical (unpaired) electrons. The lowest BCUT2D eigenvalue weighted by Gasteiger charge is -2.10. The van der Waals surface area contributed by atoms with Gasteiger partial charge in [-0.05, 0) is 18.2 Å². The summed E-state index contributed by atoms with van der Waals surface area (Å²) in [5.74, 6) is 5.61. The zero-order valence-corrected chi connectivity index (χ0v) is 11.0. The molecule has 0 unspecified atom stereocenters. The van der Waals surface area contributed by atoms with Gasteiger partial charge in [-0.3, -0.25) is 4.98 Å². The molecule has 0 aliphatic heterocycles. The number of hydrogen-bond acceptors (Lipinski definition) is 4. The van der Waals surface area contributed by atoms with E-state index in [1.165, 1.54) is 6.07 Å². The van der Waals surface area contributed by atoms with Crippen LogP contribution in [0.4, 0.5) is 13.2 Å². The Bertz CT molecular complexity index is 918. The first-order chi connectivity index (χ1) is 10.4. The average molecular weight is 306 g/mol. The van der Waals surface area contributed by atoms with E-state index >= 15 is 0 Å². The molecule has 8 heteroatoms. The van der Waals surface area contributed by atoms with Gasteiger partial charge in [-0.2, -0.15) is 18.2 Å². The summed E-state index contributed by atoms with van der Waals surface area (Å²) in [6.07, 6.45) is -3.54. The molecule has 2 heterocycles. The van der Waals surface area contributed by atoms with Crippen molar-refractivity contribution in [1.82, 2.24) is 14.6 Å². The highest BCUT2D eigenvalue weighted by Gasteiger charge is 2.32. The third-order valence-electron chi connectivity index (χ3n) is 3.16. The lowest BCUT2D eigenvalue weighted by molar-refractivity contribution is -0.141. The molecule has 0 spiro atoms. The first kappa shape index (κ1) is 14.1. The number of alkyl halides is 3. The molecule has 1 aromatic carbocycles. The summed E-state index contributed by atoms with van der Waals surface area (Å²) in [4.78, 5) is 18.9. The highest BCUT2D eigenvalue weighted by molar-refractivity contribution is 5.92. The van der Waals surface area contributed by atoms with Crippen molar-refractivity contribution in [2.24, 2.45) is 0 Å². The van der Waals surface area contributed by atoms with Gasteiger partial charge in [0.1, 0.15) is 5.69 Å². The number of rotatable bonds is 1. The van der Waals surface area contributed by atoms with Crippen LogP contribution in [0.3, 0.4) is 0 Å². The molecule has 0 amide bonds. The van der Waals surface area contributed by atoms with Crippen molar-refractivity contribution in [3.05, 3.63) is 58.8 Å². The van der Waals surface area contributed by atoms with Crippen LogP contribution in [-0.4, -0.2) is 14.6 Å². The maximum absolute atomic E-state index is 12.8. The lowest BCUT2D eigenvalue weighted by atomic mass is 10.1. The maximum Gasteiger partial charge on any atom is 0.433 e. The van der Waals surface area contributed by atoms with E-state index in [9.17, 15) is 18.0 Å². The third kappa shape index (κ3) is 2.28. The van der Waals surface area contributed by atoms with Crippen molar-refractivity contribution in [2.45, 2.75) is 6.18 Å². The van der Waals surface area contributed by atoms with Crippen molar-refractivity contribution in [1.29, 1.82) is 0 Å². The molecule has 3 aromatic rings. The predicted octanol–water partition coefficient (Wildman–Crippen LogP) is 2.19. The van der Waals surface area contributed by atoms with Crippen molar-refractivity contribution in [2.75, 3.05) is 5.84 Å².